The third-order valence-corrected chi connectivity index (χ3v) is 9.74. The first kappa shape index (κ1) is 35.2. The molecule has 4 heterocycles. The fraction of sp³-hybridized carbons (Fsp3) is 0.516. The molecule has 2 saturated heterocycles. The quantitative estimate of drug-likeness (QED) is 0.151. The van der Waals surface area contributed by atoms with E-state index in [1.54, 1.807) is 49.4 Å². The van der Waals surface area contributed by atoms with E-state index in [9.17, 15) is 18.9 Å². The number of ether oxygens (including phenoxy) is 5. The summed E-state index contributed by atoms with van der Waals surface area (Å²) in [5.41, 5.74) is 3.40. The smallest absolute Gasteiger partial charge is 0.459 e. The highest BCUT2D eigenvalue weighted by molar-refractivity contribution is 7.52. The van der Waals surface area contributed by atoms with Crippen LogP contribution >= 0.6 is 7.75 Å². The van der Waals surface area contributed by atoms with Gasteiger partial charge in [-0.3, -0.25) is 18.9 Å². The van der Waals surface area contributed by atoms with E-state index in [1.807, 2.05) is 0 Å². The zero-order valence-corrected chi connectivity index (χ0v) is 28.1. The van der Waals surface area contributed by atoms with Gasteiger partial charge in [-0.05, 0) is 56.9 Å². The van der Waals surface area contributed by atoms with Crippen molar-refractivity contribution in [2.45, 2.75) is 63.9 Å². The molecule has 0 amide bonds. The summed E-state index contributed by atoms with van der Waals surface area (Å²) in [6.45, 7) is 5.97. The van der Waals surface area contributed by atoms with Crippen LogP contribution in [0.1, 0.15) is 46.2 Å². The zero-order valence-electron chi connectivity index (χ0n) is 27.2. The van der Waals surface area contributed by atoms with E-state index in [0.29, 0.717) is 18.7 Å². The van der Waals surface area contributed by atoms with Gasteiger partial charge >= 0.3 is 25.7 Å². The van der Waals surface area contributed by atoms with Crippen LogP contribution in [0.15, 0.2) is 48.8 Å². The molecular formula is C31H40N5O11P. The number of nitrogens with two attached hydrogens (primary N) is 1. The number of carbonyl (C=O) groups is 3. The Kier molecular flexibility index (Phi) is 10.7. The van der Waals surface area contributed by atoms with E-state index < -0.39 is 55.6 Å². The van der Waals surface area contributed by atoms with Crippen molar-refractivity contribution in [1.29, 1.82) is 0 Å². The first-order valence-corrected chi connectivity index (χ1v) is 17.0. The highest BCUT2D eigenvalue weighted by atomic mass is 31.2. The van der Waals surface area contributed by atoms with Gasteiger partial charge in [0.25, 0.3) is 0 Å². The number of esters is 3. The van der Waals surface area contributed by atoms with Crippen molar-refractivity contribution in [3.63, 3.8) is 0 Å². The molecule has 0 radical (unpaired) electrons. The van der Waals surface area contributed by atoms with Crippen LogP contribution in [0.5, 0.6) is 5.75 Å². The number of hydrogen-bond donors (Lipinski definition) is 2. The fourth-order valence-electron chi connectivity index (χ4n) is 5.74. The number of hydrogen-bond acceptors (Lipinski definition) is 14. The van der Waals surface area contributed by atoms with Gasteiger partial charge in [-0.15, -0.1) is 0 Å². The fourth-order valence-corrected chi connectivity index (χ4v) is 7.33. The highest BCUT2D eigenvalue weighted by Gasteiger charge is 2.64. The van der Waals surface area contributed by atoms with Gasteiger partial charge in [0.15, 0.2) is 11.9 Å². The van der Waals surface area contributed by atoms with Crippen molar-refractivity contribution < 1.29 is 51.7 Å². The van der Waals surface area contributed by atoms with Gasteiger partial charge < -0.3 is 33.9 Å². The van der Waals surface area contributed by atoms with Crippen molar-refractivity contribution in [2.24, 2.45) is 5.92 Å². The number of nitrogens with one attached hydrogen (secondary N) is 1. The number of nitrogen functional groups attached to an aromatic ring is 1. The van der Waals surface area contributed by atoms with Crippen LogP contribution in [0.25, 0.3) is 5.52 Å². The van der Waals surface area contributed by atoms with E-state index in [1.165, 1.54) is 31.6 Å². The van der Waals surface area contributed by atoms with E-state index in [2.05, 4.69) is 15.2 Å². The van der Waals surface area contributed by atoms with Crippen LogP contribution in [0.4, 0.5) is 5.82 Å². The third-order valence-electron chi connectivity index (χ3n) is 8.12. The molecule has 5 atom stereocenters. The summed E-state index contributed by atoms with van der Waals surface area (Å²) in [5, 5.41) is 6.93. The number of nitrogens with zero attached hydrogens (tertiary/aromatic N) is 3. The Morgan fingerprint density at radius 3 is 2.54 bits per heavy atom. The molecule has 0 bridgehead atoms. The Hall–Kier alpha value is -4.08. The SMILES string of the molecule is CC(=O)O[C@@H]1[C@@](C)(CO[P@](=O)(N[C@@H](C)C(=O)OCC2CCOCC2)Oc2ccccc2)OC[C@]1(OC(C)=O)c1ccc2c(N)ncnn12. The van der Waals surface area contributed by atoms with Gasteiger partial charge in [0, 0.05) is 27.1 Å². The van der Waals surface area contributed by atoms with Crippen LogP contribution in [0, 0.1) is 5.92 Å². The molecule has 2 aliphatic rings. The van der Waals surface area contributed by atoms with Crippen LogP contribution in [-0.2, 0) is 52.8 Å². The van der Waals surface area contributed by atoms with Gasteiger partial charge in [-0.2, -0.15) is 10.2 Å². The summed E-state index contributed by atoms with van der Waals surface area (Å²) in [6, 6.07) is 10.4. The molecule has 3 aromatic rings. The van der Waals surface area contributed by atoms with Gasteiger partial charge in [-0.25, -0.2) is 14.1 Å². The average molecular weight is 690 g/mol. The minimum absolute atomic E-state index is 0.161. The molecule has 17 heteroatoms. The average Bonchev–Trinajstić information content (AvgIpc) is 3.61. The lowest BCUT2D eigenvalue weighted by Crippen LogP contribution is -2.54. The molecule has 1 aromatic carbocycles. The normalized spacial score (nSPS) is 24.8. The molecule has 5 rings (SSSR count). The minimum atomic E-state index is -4.38. The monoisotopic (exact) mass is 689 g/mol. The van der Waals surface area contributed by atoms with Gasteiger partial charge in [0.1, 0.15) is 29.2 Å². The molecule has 48 heavy (non-hydrogen) atoms. The number of rotatable bonds is 13. The number of anilines is 1. The Labute approximate surface area is 277 Å². The van der Waals surface area contributed by atoms with Crippen molar-refractivity contribution in [1.82, 2.24) is 19.7 Å². The maximum Gasteiger partial charge on any atom is 0.459 e. The Morgan fingerprint density at radius 1 is 1.12 bits per heavy atom. The number of fused-ring (bicyclic) bond motifs is 1. The van der Waals surface area contributed by atoms with Crippen molar-refractivity contribution in [3.05, 3.63) is 54.5 Å². The molecular weight excluding hydrogens is 649 g/mol. The van der Waals surface area contributed by atoms with E-state index >= 15 is 0 Å². The van der Waals surface area contributed by atoms with E-state index in [0.717, 1.165) is 12.8 Å². The summed E-state index contributed by atoms with van der Waals surface area (Å²) in [5.74, 6) is -1.56. The summed E-state index contributed by atoms with van der Waals surface area (Å²) < 4.78 is 56.3. The molecule has 260 valence electrons. The number of benzene rings is 1. The second-order valence-corrected chi connectivity index (χ2v) is 13.6. The van der Waals surface area contributed by atoms with Crippen molar-refractivity contribution in [3.8, 4) is 5.75 Å². The molecule has 0 unspecified atom stereocenters. The van der Waals surface area contributed by atoms with Crippen LogP contribution in [0.3, 0.4) is 0 Å². The lowest BCUT2D eigenvalue weighted by Gasteiger charge is -2.37. The Morgan fingerprint density at radius 2 is 1.85 bits per heavy atom. The number of aromatic nitrogens is 3. The predicted molar refractivity (Wildman–Crippen MR) is 168 cm³/mol. The van der Waals surface area contributed by atoms with Gasteiger partial charge in [-0.1, -0.05) is 18.2 Å². The third kappa shape index (κ3) is 7.79. The standard InChI is InChI=1S/C31H40N5O11P/c1-20(28(39)42-16-23-12-14-41-15-13-23)35-48(40,47-24-8-6-5-7-9-24)44-17-30(4)29(45-21(2)37)31(18-43-30,46-22(3)38)26-11-10-25-27(32)33-19-34-36(25)26/h5-11,19-20,23,29H,12-18H2,1-4H3,(H,35,40)(H2,32,33,34)/t20-,29+,30+,31-,48+/m0/s1. The van der Waals surface area contributed by atoms with Crippen LogP contribution in [-0.4, -0.2) is 83.3 Å². The van der Waals surface area contributed by atoms with Gasteiger partial charge in [0.05, 0.1) is 25.5 Å². The highest BCUT2D eigenvalue weighted by Crippen LogP contribution is 2.50. The number of carbonyl (C=O) groups excluding carboxylic acids is 3. The lowest BCUT2D eigenvalue weighted by atomic mass is 9.86. The maximum absolute atomic E-state index is 14.3. The molecule has 0 aliphatic carbocycles. The second-order valence-electron chi connectivity index (χ2n) is 11.9. The van der Waals surface area contributed by atoms with Crippen LogP contribution in [0.2, 0.25) is 0 Å². The second kappa shape index (κ2) is 14.6. The molecule has 16 nitrogen and oxygen atoms in total. The topological polar surface area (TPSA) is 201 Å². The van der Waals surface area contributed by atoms with Crippen molar-refractivity contribution >= 4 is 37.0 Å². The molecule has 0 spiro atoms. The van der Waals surface area contributed by atoms with E-state index in [4.69, 9.17) is 38.5 Å². The Bertz CT molecular complexity index is 1670. The zero-order chi connectivity index (χ0) is 34.5. The van der Waals surface area contributed by atoms with E-state index in [-0.39, 0.29) is 36.4 Å². The molecule has 0 saturated carbocycles. The lowest BCUT2D eigenvalue weighted by molar-refractivity contribution is -0.186. The first-order valence-electron chi connectivity index (χ1n) is 15.4. The largest absolute Gasteiger partial charge is 0.464 e. The Balaban J connectivity index is 1.42. The van der Waals surface area contributed by atoms with Crippen molar-refractivity contribution in [2.75, 3.05) is 38.8 Å². The number of para-hydroxylation sites is 1. The summed E-state index contributed by atoms with van der Waals surface area (Å²) in [7, 11) is -4.38. The first-order chi connectivity index (χ1) is 22.8. The van der Waals surface area contributed by atoms with Gasteiger partial charge in [0.2, 0.25) is 5.60 Å². The maximum atomic E-state index is 14.3. The summed E-state index contributed by atoms with van der Waals surface area (Å²) >= 11 is 0. The minimum Gasteiger partial charge on any atom is -0.464 e. The molecule has 3 N–H and O–H groups in total. The van der Waals surface area contributed by atoms with Crippen LogP contribution < -0.4 is 15.3 Å². The summed E-state index contributed by atoms with van der Waals surface area (Å²) in [4.78, 5) is 42.1. The molecule has 2 aromatic heterocycles. The molecule has 2 fully saturated rings. The summed E-state index contributed by atoms with van der Waals surface area (Å²) in [6.07, 6.45) is 1.41. The molecule has 2 aliphatic heterocycles. The predicted octanol–water partition coefficient (Wildman–Crippen LogP) is 2.94.